The molecule has 0 radical (unpaired) electrons. The molecule has 5 aromatic rings. The third-order valence-electron chi connectivity index (χ3n) is 5.76. The van der Waals surface area contributed by atoms with E-state index in [2.05, 4.69) is 22.0 Å². The monoisotopic (exact) mass is 519 g/mol. The SMILES string of the molecule is O=C(Nc1ccc2ccccc2c1)C(Sc1ccc(NC(=S)Nc2ccccc2)cc1)c1ccccc1. The zero-order valence-corrected chi connectivity index (χ0v) is 21.6. The number of amides is 1. The lowest BCUT2D eigenvalue weighted by atomic mass is 10.1. The molecule has 0 heterocycles. The van der Waals surface area contributed by atoms with E-state index in [1.807, 2.05) is 121 Å². The van der Waals surface area contributed by atoms with Gasteiger partial charge in [-0.3, -0.25) is 4.79 Å². The fourth-order valence-corrected chi connectivity index (χ4v) is 5.20. The van der Waals surface area contributed by atoms with Crippen LogP contribution < -0.4 is 16.0 Å². The average molecular weight is 520 g/mol. The second-order valence-corrected chi connectivity index (χ2v) is 10.0. The Labute approximate surface area is 226 Å². The smallest absolute Gasteiger partial charge is 0.242 e. The van der Waals surface area contributed by atoms with Crippen LogP contribution in [0.4, 0.5) is 17.1 Å². The summed E-state index contributed by atoms with van der Waals surface area (Å²) in [7, 11) is 0. The molecule has 4 nitrogen and oxygen atoms in total. The van der Waals surface area contributed by atoms with Crippen molar-refractivity contribution in [3.05, 3.63) is 133 Å². The fraction of sp³-hybridized carbons (Fsp3) is 0.0323. The van der Waals surface area contributed by atoms with Gasteiger partial charge in [-0.05, 0) is 77.1 Å². The molecule has 3 N–H and O–H groups in total. The van der Waals surface area contributed by atoms with Gasteiger partial charge in [0.15, 0.2) is 5.11 Å². The van der Waals surface area contributed by atoms with Gasteiger partial charge >= 0.3 is 0 Å². The van der Waals surface area contributed by atoms with E-state index in [0.29, 0.717) is 5.11 Å². The van der Waals surface area contributed by atoms with Gasteiger partial charge in [-0.2, -0.15) is 0 Å². The number of fused-ring (bicyclic) bond motifs is 1. The second kappa shape index (κ2) is 11.7. The van der Waals surface area contributed by atoms with Gasteiger partial charge in [-0.25, -0.2) is 0 Å². The number of anilines is 3. The number of rotatable bonds is 7. The number of carbonyl (C=O) groups is 1. The molecular weight excluding hydrogens is 494 g/mol. The van der Waals surface area contributed by atoms with Crippen molar-refractivity contribution in [3.63, 3.8) is 0 Å². The molecule has 0 bridgehead atoms. The number of hydrogen-bond acceptors (Lipinski definition) is 3. The van der Waals surface area contributed by atoms with E-state index in [0.717, 1.165) is 38.3 Å². The molecule has 37 heavy (non-hydrogen) atoms. The van der Waals surface area contributed by atoms with Gasteiger partial charge in [0.25, 0.3) is 0 Å². The van der Waals surface area contributed by atoms with Crippen LogP contribution in [0.2, 0.25) is 0 Å². The van der Waals surface area contributed by atoms with Crippen LogP contribution in [0.25, 0.3) is 10.8 Å². The topological polar surface area (TPSA) is 53.2 Å². The van der Waals surface area contributed by atoms with Gasteiger partial charge in [-0.15, -0.1) is 11.8 Å². The minimum Gasteiger partial charge on any atom is -0.332 e. The zero-order valence-electron chi connectivity index (χ0n) is 19.9. The molecule has 0 aromatic heterocycles. The highest BCUT2D eigenvalue weighted by atomic mass is 32.2. The molecule has 0 aliphatic rings. The summed E-state index contributed by atoms with van der Waals surface area (Å²) in [5, 5.41) is 11.8. The van der Waals surface area contributed by atoms with Crippen LogP contribution in [0.15, 0.2) is 132 Å². The Morgan fingerprint density at radius 2 is 1.16 bits per heavy atom. The summed E-state index contributed by atoms with van der Waals surface area (Å²) in [5.74, 6) is -0.0677. The standard InChI is InChI=1S/C31H25N3OS2/c35-30(32-27-16-15-22-9-7-8-12-24(22)21-27)29(23-10-3-1-4-11-23)37-28-19-17-26(18-20-28)34-31(36)33-25-13-5-2-6-14-25/h1-21,29H,(H,32,35)(H2,33,34,36). The summed E-state index contributed by atoms with van der Waals surface area (Å²) in [4.78, 5) is 14.5. The molecule has 0 saturated heterocycles. The van der Waals surface area contributed by atoms with Gasteiger partial charge in [0.1, 0.15) is 5.25 Å². The van der Waals surface area contributed by atoms with Crippen LogP contribution in [0, 0.1) is 0 Å². The lowest BCUT2D eigenvalue weighted by molar-refractivity contribution is -0.115. The highest BCUT2D eigenvalue weighted by Gasteiger charge is 2.22. The van der Waals surface area contributed by atoms with Gasteiger partial charge in [-0.1, -0.05) is 78.9 Å². The molecule has 1 atom stereocenters. The van der Waals surface area contributed by atoms with Gasteiger partial charge in [0.05, 0.1) is 0 Å². The molecule has 0 fully saturated rings. The van der Waals surface area contributed by atoms with Crippen molar-refractivity contribution >= 4 is 62.8 Å². The Morgan fingerprint density at radius 3 is 1.86 bits per heavy atom. The normalized spacial score (nSPS) is 11.5. The number of nitrogens with one attached hydrogen (secondary N) is 3. The van der Waals surface area contributed by atoms with Crippen LogP contribution in [0.3, 0.4) is 0 Å². The Balaban J connectivity index is 1.29. The third kappa shape index (κ3) is 6.55. The first kappa shape index (κ1) is 24.6. The molecule has 5 rings (SSSR count). The molecule has 6 heteroatoms. The van der Waals surface area contributed by atoms with Crippen molar-refractivity contribution in [3.8, 4) is 0 Å². The van der Waals surface area contributed by atoms with Gasteiger partial charge < -0.3 is 16.0 Å². The van der Waals surface area contributed by atoms with E-state index in [4.69, 9.17) is 12.2 Å². The number of thioether (sulfide) groups is 1. The fourth-order valence-electron chi connectivity index (χ4n) is 3.94. The first-order valence-electron chi connectivity index (χ1n) is 11.9. The van der Waals surface area contributed by atoms with E-state index < -0.39 is 5.25 Å². The summed E-state index contributed by atoms with van der Waals surface area (Å²) < 4.78 is 0. The predicted octanol–water partition coefficient (Wildman–Crippen LogP) is 8.12. The lowest BCUT2D eigenvalue weighted by Crippen LogP contribution is -2.19. The van der Waals surface area contributed by atoms with Gasteiger partial charge in [0.2, 0.25) is 5.91 Å². The average Bonchev–Trinajstić information content (AvgIpc) is 2.93. The molecule has 0 spiro atoms. The second-order valence-electron chi connectivity index (χ2n) is 8.43. The maximum atomic E-state index is 13.5. The predicted molar refractivity (Wildman–Crippen MR) is 160 cm³/mol. The van der Waals surface area contributed by atoms with Crippen LogP contribution >= 0.6 is 24.0 Å². The highest BCUT2D eigenvalue weighted by molar-refractivity contribution is 8.00. The lowest BCUT2D eigenvalue weighted by Gasteiger charge is -2.18. The van der Waals surface area contributed by atoms with Crippen LogP contribution in [-0.2, 0) is 4.79 Å². The zero-order chi connectivity index (χ0) is 25.5. The Morgan fingerprint density at radius 1 is 0.595 bits per heavy atom. The summed E-state index contributed by atoms with van der Waals surface area (Å²) in [6.45, 7) is 0. The molecule has 1 unspecified atom stereocenters. The molecule has 0 aliphatic heterocycles. The number of benzene rings is 5. The van der Waals surface area contributed by atoms with E-state index in [1.54, 1.807) is 0 Å². The Bertz CT molecular complexity index is 1510. The Kier molecular flexibility index (Phi) is 7.79. The molecule has 1 amide bonds. The minimum absolute atomic E-state index is 0.0677. The summed E-state index contributed by atoms with van der Waals surface area (Å²) in [5.41, 5.74) is 3.52. The van der Waals surface area contributed by atoms with E-state index in [1.165, 1.54) is 11.8 Å². The molecule has 0 saturated carbocycles. The van der Waals surface area contributed by atoms with E-state index in [-0.39, 0.29) is 5.91 Å². The summed E-state index contributed by atoms with van der Waals surface area (Å²) in [6.07, 6.45) is 0. The number of carbonyl (C=O) groups excluding carboxylic acids is 1. The highest BCUT2D eigenvalue weighted by Crippen LogP contribution is 2.37. The number of thiocarbonyl (C=S) groups is 1. The minimum atomic E-state index is -0.410. The summed E-state index contributed by atoms with van der Waals surface area (Å²) >= 11 is 6.94. The molecular formula is C31H25N3OS2. The molecule has 182 valence electrons. The van der Waals surface area contributed by atoms with Crippen molar-refractivity contribution in [1.82, 2.24) is 0 Å². The van der Waals surface area contributed by atoms with Crippen LogP contribution in [0.5, 0.6) is 0 Å². The van der Waals surface area contributed by atoms with Crippen molar-refractivity contribution in [2.75, 3.05) is 16.0 Å². The molecule has 5 aromatic carbocycles. The van der Waals surface area contributed by atoms with E-state index in [9.17, 15) is 4.79 Å². The van der Waals surface area contributed by atoms with Gasteiger partial charge in [0, 0.05) is 22.0 Å². The maximum Gasteiger partial charge on any atom is 0.242 e. The van der Waals surface area contributed by atoms with Crippen molar-refractivity contribution < 1.29 is 4.79 Å². The quantitative estimate of drug-likeness (QED) is 0.150. The van der Waals surface area contributed by atoms with Crippen molar-refractivity contribution in [2.45, 2.75) is 10.1 Å². The van der Waals surface area contributed by atoms with Crippen molar-refractivity contribution in [2.24, 2.45) is 0 Å². The van der Waals surface area contributed by atoms with E-state index >= 15 is 0 Å². The largest absolute Gasteiger partial charge is 0.332 e. The van der Waals surface area contributed by atoms with Crippen LogP contribution in [0.1, 0.15) is 10.8 Å². The third-order valence-corrected chi connectivity index (χ3v) is 7.23. The number of para-hydroxylation sites is 1. The first-order chi connectivity index (χ1) is 18.1. The van der Waals surface area contributed by atoms with Crippen LogP contribution in [-0.4, -0.2) is 11.0 Å². The summed E-state index contributed by atoms with van der Waals surface area (Å²) in [6, 6.07) is 41.7. The van der Waals surface area contributed by atoms with Crippen molar-refractivity contribution in [1.29, 1.82) is 0 Å². The molecule has 0 aliphatic carbocycles. The first-order valence-corrected chi connectivity index (χ1v) is 13.2. The Hall–Kier alpha value is -4.13. The maximum absolute atomic E-state index is 13.5. The number of hydrogen-bond donors (Lipinski definition) is 3.